The molecule has 0 radical (unpaired) electrons. The maximum Gasteiger partial charge on any atom is 0.220 e. The molecule has 222 valence electrons. The minimum Gasteiger partial charge on any atom is -0.493 e. The second-order valence-corrected chi connectivity index (χ2v) is 13.1. The van der Waals surface area contributed by atoms with Crippen LogP contribution in [0.2, 0.25) is 5.02 Å². The summed E-state index contributed by atoms with van der Waals surface area (Å²) < 4.78 is 31.8. The van der Waals surface area contributed by atoms with Crippen LogP contribution in [0, 0.1) is 0 Å². The smallest absolute Gasteiger partial charge is 0.220 e. The number of nitrogens with one attached hydrogen (secondary N) is 2. The number of aromatic nitrogens is 1. The molecule has 0 fully saturated rings. The number of hydrogen-bond acceptors (Lipinski definition) is 5. The largest absolute Gasteiger partial charge is 0.493 e. The Bertz CT molecular complexity index is 1850. The first-order valence-electron chi connectivity index (χ1n) is 14.2. The Morgan fingerprint density at radius 2 is 1.63 bits per heavy atom. The topological polar surface area (TPSA) is 105 Å². The molecular weight excluding hydrogens is 584 g/mol. The summed E-state index contributed by atoms with van der Waals surface area (Å²) >= 11 is 6.19. The van der Waals surface area contributed by atoms with Gasteiger partial charge in [-0.2, -0.15) is 0 Å². The van der Waals surface area contributed by atoms with Crippen LogP contribution >= 0.6 is 11.6 Å². The van der Waals surface area contributed by atoms with E-state index in [1.807, 2.05) is 78.9 Å². The predicted molar refractivity (Wildman–Crippen MR) is 172 cm³/mol. The second-order valence-electron chi connectivity index (χ2n) is 10.4. The fourth-order valence-corrected chi connectivity index (χ4v) is 6.43. The first-order valence-corrected chi connectivity index (χ1v) is 16.4. The molecule has 0 aliphatic carbocycles. The van der Waals surface area contributed by atoms with Crippen LogP contribution in [0.5, 0.6) is 5.75 Å². The van der Waals surface area contributed by atoms with E-state index in [1.165, 1.54) is 0 Å². The molecule has 0 saturated carbocycles. The number of carbonyl (C=O) groups excluding carboxylic acids is 2. The lowest BCUT2D eigenvalue weighted by molar-refractivity contribution is -0.120. The first-order chi connectivity index (χ1) is 20.8. The summed E-state index contributed by atoms with van der Waals surface area (Å²) in [6.07, 6.45) is 1.94. The SMILES string of the molecule is O=C(CCc1ccccc1)NCCS(=O)(=O)CC(=O)c1[nH]c2cc(Cl)ccc2c1CCCOc1cccc2ccccc12. The van der Waals surface area contributed by atoms with Gasteiger partial charge in [-0.05, 0) is 54.0 Å². The van der Waals surface area contributed by atoms with Crippen molar-refractivity contribution in [2.75, 3.05) is 24.7 Å². The highest BCUT2D eigenvalue weighted by Crippen LogP contribution is 2.28. The molecule has 0 bridgehead atoms. The van der Waals surface area contributed by atoms with Crippen LogP contribution in [0.25, 0.3) is 21.7 Å². The maximum absolute atomic E-state index is 13.3. The van der Waals surface area contributed by atoms with Gasteiger partial charge in [0.25, 0.3) is 0 Å². The van der Waals surface area contributed by atoms with Crippen molar-refractivity contribution in [3.63, 3.8) is 0 Å². The highest BCUT2D eigenvalue weighted by molar-refractivity contribution is 7.92. The quantitative estimate of drug-likeness (QED) is 0.112. The van der Waals surface area contributed by atoms with Crippen molar-refractivity contribution in [3.05, 3.63) is 113 Å². The minimum atomic E-state index is -3.77. The Morgan fingerprint density at radius 3 is 2.47 bits per heavy atom. The van der Waals surface area contributed by atoms with Crippen molar-refractivity contribution in [1.82, 2.24) is 10.3 Å². The van der Waals surface area contributed by atoms with E-state index in [0.717, 1.165) is 33.0 Å². The highest BCUT2D eigenvalue weighted by atomic mass is 35.5. The lowest BCUT2D eigenvalue weighted by Gasteiger charge is -2.10. The molecule has 0 spiro atoms. The van der Waals surface area contributed by atoms with E-state index in [0.29, 0.717) is 36.4 Å². The second kappa shape index (κ2) is 13.9. The van der Waals surface area contributed by atoms with Crippen molar-refractivity contribution in [2.45, 2.75) is 25.7 Å². The summed E-state index contributed by atoms with van der Waals surface area (Å²) in [6, 6.07) is 28.8. The summed E-state index contributed by atoms with van der Waals surface area (Å²) in [7, 11) is -3.77. The lowest BCUT2D eigenvalue weighted by atomic mass is 10.0. The van der Waals surface area contributed by atoms with Crippen LogP contribution in [0.1, 0.15) is 34.5 Å². The number of sulfone groups is 1. The number of H-pyrrole nitrogens is 1. The Kier molecular flexibility index (Phi) is 9.79. The Balaban J connectivity index is 1.19. The van der Waals surface area contributed by atoms with E-state index in [-0.39, 0.29) is 30.3 Å². The third-order valence-corrected chi connectivity index (χ3v) is 9.06. The van der Waals surface area contributed by atoms with Crippen LogP contribution in [0.15, 0.2) is 91.0 Å². The summed E-state index contributed by atoms with van der Waals surface area (Å²) in [5, 5.41) is 6.10. The molecule has 2 N–H and O–H groups in total. The van der Waals surface area contributed by atoms with Gasteiger partial charge in [0, 0.05) is 34.3 Å². The maximum atomic E-state index is 13.3. The fraction of sp³-hybridized carbons (Fsp3) is 0.235. The van der Waals surface area contributed by atoms with Crippen LogP contribution in [-0.4, -0.2) is 49.7 Å². The molecule has 1 aromatic heterocycles. The van der Waals surface area contributed by atoms with Crippen LogP contribution in [-0.2, 0) is 27.5 Å². The number of Topliss-reactive ketones (excluding diaryl/α,β-unsaturated/α-hetero) is 1. The number of benzene rings is 4. The number of hydrogen-bond donors (Lipinski definition) is 2. The number of ether oxygens (including phenoxy) is 1. The molecule has 5 aromatic rings. The van der Waals surface area contributed by atoms with Gasteiger partial charge in [-0.15, -0.1) is 0 Å². The zero-order valence-electron chi connectivity index (χ0n) is 23.6. The molecule has 0 unspecified atom stereocenters. The minimum absolute atomic E-state index is 0.0517. The van der Waals surface area contributed by atoms with Crippen LogP contribution < -0.4 is 10.1 Å². The van der Waals surface area contributed by atoms with E-state index in [4.69, 9.17) is 16.3 Å². The summed E-state index contributed by atoms with van der Waals surface area (Å²) in [5.41, 5.74) is 2.70. The van der Waals surface area contributed by atoms with Crippen molar-refractivity contribution >= 4 is 54.8 Å². The Labute approximate surface area is 256 Å². The van der Waals surface area contributed by atoms with Gasteiger partial charge >= 0.3 is 0 Å². The third-order valence-electron chi connectivity index (χ3n) is 7.30. The number of amides is 1. The fourth-order valence-electron chi connectivity index (χ4n) is 5.16. The molecular formula is C34H33ClN2O5S. The Hall–Kier alpha value is -4.14. The number of aryl methyl sites for hydroxylation is 2. The molecule has 0 saturated heterocycles. The van der Waals surface area contributed by atoms with Crippen LogP contribution in [0.4, 0.5) is 0 Å². The van der Waals surface area contributed by atoms with Gasteiger partial charge < -0.3 is 15.0 Å². The van der Waals surface area contributed by atoms with Crippen LogP contribution in [0.3, 0.4) is 0 Å². The van der Waals surface area contributed by atoms with Gasteiger partial charge in [0.2, 0.25) is 5.91 Å². The van der Waals surface area contributed by atoms with Gasteiger partial charge in [0.05, 0.1) is 18.1 Å². The lowest BCUT2D eigenvalue weighted by Crippen LogP contribution is -2.31. The Morgan fingerprint density at radius 1 is 0.860 bits per heavy atom. The van der Waals surface area contributed by atoms with Gasteiger partial charge in [-0.25, -0.2) is 8.42 Å². The average molecular weight is 617 g/mol. The van der Waals surface area contributed by atoms with E-state index in [9.17, 15) is 18.0 Å². The summed E-state index contributed by atoms with van der Waals surface area (Å²) in [5.74, 6) is -0.944. The third kappa shape index (κ3) is 8.03. The van der Waals surface area contributed by atoms with Gasteiger partial charge in [-0.1, -0.05) is 84.4 Å². The molecule has 4 aromatic carbocycles. The van der Waals surface area contributed by atoms with Gasteiger partial charge in [0.1, 0.15) is 11.5 Å². The number of ketones is 1. The van der Waals surface area contributed by atoms with E-state index >= 15 is 0 Å². The zero-order chi connectivity index (χ0) is 30.2. The molecule has 0 aliphatic rings. The molecule has 5 rings (SSSR count). The number of carbonyl (C=O) groups is 2. The summed E-state index contributed by atoms with van der Waals surface area (Å²) in [4.78, 5) is 28.6. The monoisotopic (exact) mass is 616 g/mol. The normalized spacial score (nSPS) is 11.6. The van der Waals surface area contributed by atoms with E-state index in [1.54, 1.807) is 12.1 Å². The average Bonchev–Trinajstić information content (AvgIpc) is 3.36. The van der Waals surface area contributed by atoms with Crippen molar-refractivity contribution in [1.29, 1.82) is 0 Å². The molecule has 0 atom stereocenters. The van der Waals surface area contributed by atoms with Gasteiger partial charge in [-0.3, -0.25) is 9.59 Å². The molecule has 0 aliphatic heterocycles. The molecule has 1 heterocycles. The number of fused-ring (bicyclic) bond motifs is 2. The van der Waals surface area contributed by atoms with Crippen molar-refractivity contribution < 1.29 is 22.7 Å². The molecule has 43 heavy (non-hydrogen) atoms. The number of rotatable bonds is 14. The zero-order valence-corrected chi connectivity index (χ0v) is 25.2. The predicted octanol–water partition coefficient (Wildman–Crippen LogP) is 6.33. The number of halogens is 1. The van der Waals surface area contributed by atoms with Crippen molar-refractivity contribution in [3.8, 4) is 5.75 Å². The summed E-state index contributed by atoms with van der Waals surface area (Å²) in [6.45, 7) is 0.369. The van der Waals surface area contributed by atoms with Crippen molar-refractivity contribution in [2.24, 2.45) is 0 Å². The van der Waals surface area contributed by atoms with E-state index < -0.39 is 21.4 Å². The highest BCUT2D eigenvalue weighted by Gasteiger charge is 2.23. The molecule has 7 nitrogen and oxygen atoms in total. The molecule has 1 amide bonds. The van der Waals surface area contributed by atoms with E-state index in [2.05, 4.69) is 10.3 Å². The number of aromatic amines is 1. The molecule has 9 heteroatoms. The standard InChI is InChI=1S/C34H33ClN2O5S/c35-26-16-17-28-29(13-7-20-42-32-14-6-11-25-10-4-5-12-27(25)32)34(37-30(28)22-26)31(38)23-43(40,41)21-19-36-33(39)18-15-24-8-2-1-3-9-24/h1-6,8-12,14,16-17,22,37H,7,13,15,18-21,23H2,(H,36,39). The van der Waals surface area contributed by atoms with Gasteiger partial charge in [0.15, 0.2) is 15.6 Å². The first kappa shape index (κ1) is 30.3.